The molecule has 1 saturated carbocycles. The lowest BCUT2D eigenvalue weighted by atomic mass is 10.1. The number of aromatic nitrogens is 3. The Labute approximate surface area is 187 Å². The van der Waals surface area contributed by atoms with Crippen molar-refractivity contribution in [3.05, 3.63) is 45.4 Å². The van der Waals surface area contributed by atoms with Gasteiger partial charge in [0.1, 0.15) is 6.54 Å². The quantitative estimate of drug-likeness (QED) is 0.573. The summed E-state index contributed by atoms with van der Waals surface area (Å²) in [6.45, 7) is 5.04. The monoisotopic (exact) mass is 463 g/mol. The Bertz CT molecular complexity index is 1130. The van der Waals surface area contributed by atoms with E-state index in [1.165, 1.54) is 9.56 Å². The van der Waals surface area contributed by atoms with Crippen molar-refractivity contribution in [2.45, 2.75) is 44.9 Å². The average molecular weight is 464 g/mol. The number of pyridine rings is 1. The molecule has 0 bridgehead atoms. The van der Waals surface area contributed by atoms with E-state index in [2.05, 4.69) is 26.4 Å². The molecule has 0 N–H and O–H groups in total. The highest BCUT2D eigenvalue weighted by Crippen LogP contribution is 2.43. The number of hydrogen-bond acceptors (Lipinski definition) is 5. The fourth-order valence-corrected chi connectivity index (χ4v) is 5.05. The minimum absolute atomic E-state index is 0.00420. The van der Waals surface area contributed by atoms with Crippen LogP contribution in [-0.4, -0.2) is 56.7 Å². The third kappa shape index (κ3) is 4.25. The Kier molecular flexibility index (Phi) is 5.45. The molecule has 3 aromatic heterocycles. The molecule has 1 aliphatic heterocycles. The minimum atomic E-state index is -4.49. The summed E-state index contributed by atoms with van der Waals surface area (Å²) in [4.78, 5) is 22.8. The molecule has 4 heterocycles. The summed E-state index contributed by atoms with van der Waals surface area (Å²) >= 11 is 1.72. The van der Waals surface area contributed by atoms with Gasteiger partial charge in [-0.05, 0) is 37.3 Å². The molecule has 2 aliphatic rings. The highest BCUT2D eigenvalue weighted by molar-refractivity contribution is 7.09. The van der Waals surface area contributed by atoms with Crippen LogP contribution in [-0.2, 0) is 24.1 Å². The van der Waals surface area contributed by atoms with Crippen molar-refractivity contribution in [1.29, 1.82) is 0 Å². The fraction of sp³-hybridized carbons (Fsp3) is 0.500. The van der Waals surface area contributed by atoms with Gasteiger partial charge < -0.3 is 4.90 Å². The molecule has 170 valence electrons. The molecule has 32 heavy (non-hydrogen) atoms. The van der Waals surface area contributed by atoms with Crippen molar-refractivity contribution >= 4 is 28.3 Å². The summed E-state index contributed by atoms with van der Waals surface area (Å²) in [6.07, 6.45) is -2.80. The lowest BCUT2D eigenvalue weighted by Gasteiger charge is -2.34. The van der Waals surface area contributed by atoms with E-state index < -0.39 is 11.7 Å². The lowest BCUT2D eigenvalue weighted by molar-refractivity contribution is -0.136. The van der Waals surface area contributed by atoms with Gasteiger partial charge in [-0.3, -0.25) is 9.69 Å². The Hall–Kier alpha value is -2.46. The number of aryl methyl sites for hydroxylation is 1. The molecule has 0 atom stereocenters. The first kappa shape index (κ1) is 21.4. The van der Waals surface area contributed by atoms with Crippen LogP contribution in [0.2, 0.25) is 0 Å². The van der Waals surface area contributed by atoms with Gasteiger partial charge in [-0.2, -0.15) is 18.3 Å². The normalized spacial score (nSPS) is 17.9. The molecule has 1 amide bonds. The first-order chi connectivity index (χ1) is 15.3. The summed E-state index contributed by atoms with van der Waals surface area (Å²) in [5.74, 6) is -0.0753. The van der Waals surface area contributed by atoms with E-state index in [0.29, 0.717) is 18.8 Å². The molecule has 6 nitrogen and oxygen atoms in total. The number of piperazine rings is 1. The van der Waals surface area contributed by atoms with E-state index in [-0.39, 0.29) is 35.1 Å². The first-order valence-electron chi connectivity index (χ1n) is 10.8. The number of alkyl halides is 3. The number of carbonyl (C=O) groups is 1. The van der Waals surface area contributed by atoms with Gasteiger partial charge in [-0.15, -0.1) is 11.3 Å². The second-order valence-corrected chi connectivity index (χ2v) is 9.58. The zero-order chi connectivity index (χ0) is 22.5. The van der Waals surface area contributed by atoms with E-state index in [4.69, 9.17) is 0 Å². The number of nitrogens with zero attached hydrogens (tertiary/aromatic N) is 5. The van der Waals surface area contributed by atoms with Crippen molar-refractivity contribution < 1.29 is 18.0 Å². The van der Waals surface area contributed by atoms with Crippen LogP contribution >= 0.6 is 11.3 Å². The Balaban J connectivity index is 1.34. The minimum Gasteiger partial charge on any atom is -0.339 e. The van der Waals surface area contributed by atoms with Crippen LogP contribution in [0.4, 0.5) is 13.2 Å². The third-order valence-electron chi connectivity index (χ3n) is 6.17. The zero-order valence-electron chi connectivity index (χ0n) is 17.7. The van der Waals surface area contributed by atoms with Crippen LogP contribution < -0.4 is 0 Å². The van der Waals surface area contributed by atoms with E-state index in [9.17, 15) is 18.0 Å². The second kappa shape index (κ2) is 8.15. The number of thiophene rings is 1. The van der Waals surface area contributed by atoms with Crippen molar-refractivity contribution in [2.24, 2.45) is 0 Å². The van der Waals surface area contributed by atoms with Crippen LogP contribution in [0, 0.1) is 6.92 Å². The molecule has 1 saturated heterocycles. The summed E-state index contributed by atoms with van der Waals surface area (Å²) in [5, 5.41) is 6.33. The number of amides is 1. The van der Waals surface area contributed by atoms with Crippen LogP contribution in [0.5, 0.6) is 0 Å². The van der Waals surface area contributed by atoms with Gasteiger partial charge in [0.05, 0.1) is 16.6 Å². The van der Waals surface area contributed by atoms with Crippen LogP contribution in [0.3, 0.4) is 0 Å². The molecule has 0 spiro atoms. The summed E-state index contributed by atoms with van der Waals surface area (Å²) in [7, 11) is 0. The van der Waals surface area contributed by atoms with Gasteiger partial charge >= 0.3 is 6.18 Å². The zero-order valence-corrected chi connectivity index (χ0v) is 18.5. The second-order valence-electron chi connectivity index (χ2n) is 8.54. The molecule has 10 heteroatoms. The largest absolute Gasteiger partial charge is 0.417 e. The van der Waals surface area contributed by atoms with Crippen LogP contribution in [0.15, 0.2) is 23.6 Å². The van der Waals surface area contributed by atoms with Crippen LogP contribution in [0.1, 0.15) is 40.6 Å². The standard InChI is InChI=1S/C22H24F3N5OS/c1-14-20-17(22(23,24)25)11-18(15-4-5-15)26-21(20)30(27-14)13-19(31)29-8-6-28(7-9-29)12-16-3-2-10-32-16/h2-3,10-11,15H,4-9,12-13H2,1H3. The maximum atomic E-state index is 13.8. The maximum Gasteiger partial charge on any atom is 0.417 e. The number of hydrogen-bond donors (Lipinski definition) is 0. The van der Waals surface area contributed by atoms with Crippen molar-refractivity contribution in [3.8, 4) is 0 Å². The average Bonchev–Trinajstić information content (AvgIpc) is 3.40. The van der Waals surface area contributed by atoms with Crippen molar-refractivity contribution in [3.63, 3.8) is 0 Å². The number of halogens is 3. The van der Waals surface area contributed by atoms with Gasteiger partial charge in [-0.25, -0.2) is 9.67 Å². The predicted molar refractivity (Wildman–Crippen MR) is 115 cm³/mol. The summed E-state index contributed by atoms with van der Waals surface area (Å²) < 4.78 is 42.6. The van der Waals surface area contributed by atoms with E-state index >= 15 is 0 Å². The topological polar surface area (TPSA) is 54.3 Å². The smallest absolute Gasteiger partial charge is 0.339 e. The highest BCUT2D eigenvalue weighted by Gasteiger charge is 2.38. The number of carbonyl (C=O) groups excluding carboxylic acids is 1. The first-order valence-corrected chi connectivity index (χ1v) is 11.7. The molecule has 0 radical (unpaired) electrons. The molecule has 2 fully saturated rings. The van der Waals surface area contributed by atoms with Gasteiger partial charge in [0, 0.05) is 49.2 Å². The Morgan fingerprint density at radius 1 is 1.22 bits per heavy atom. The molecule has 0 aromatic carbocycles. The van der Waals surface area contributed by atoms with E-state index in [1.807, 2.05) is 6.07 Å². The van der Waals surface area contributed by atoms with Gasteiger partial charge in [0.25, 0.3) is 0 Å². The number of rotatable bonds is 5. The van der Waals surface area contributed by atoms with Crippen molar-refractivity contribution in [1.82, 2.24) is 24.6 Å². The van der Waals surface area contributed by atoms with Gasteiger partial charge in [0.15, 0.2) is 5.65 Å². The van der Waals surface area contributed by atoms with Crippen LogP contribution in [0.25, 0.3) is 11.0 Å². The molecule has 1 aliphatic carbocycles. The van der Waals surface area contributed by atoms with E-state index in [0.717, 1.165) is 38.5 Å². The molecular formula is C22H24F3N5OS. The molecule has 0 unspecified atom stereocenters. The predicted octanol–water partition coefficient (Wildman–Crippen LogP) is 4.04. The summed E-state index contributed by atoms with van der Waals surface area (Å²) in [5.41, 5.74) is 0.142. The third-order valence-corrected chi connectivity index (χ3v) is 7.03. The highest BCUT2D eigenvalue weighted by atomic mass is 32.1. The maximum absolute atomic E-state index is 13.8. The van der Waals surface area contributed by atoms with Crippen molar-refractivity contribution in [2.75, 3.05) is 26.2 Å². The molecule has 3 aromatic rings. The fourth-order valence-electron chi connectivity index (χ4n) is 4.30. The molecular weight excluding hydrogens is 439 g/mol. The van der Waals surface area contributed by atoms with E-state index in [1.54, 1.807) is 23.2 Å². The number of fused-ring (bicyclic) bond motifs is 1. The lowest BCUT2D eigenvalue weighted by Crippen LogP contribution is -2.49. The van der Waals surface area contributed by atoms with Gasteiger partial charge in [0.2, 0.25) is 5.91 Å². The SMILES string of the molecule is Cc1nn(CC(=O)N2CCN(Cc3cccs3)CC2)c2nc(C3CC3)cc(C(F)(F)F)c12. The Morgan fingerprint density at radius 3 is 2.59 bits per heavy atom. The molecule has 5 rings (SSSR count). The summed E-state index contributed by atoms with van der Waals surface area (Å²) in [6, 6.07) is 5.29. The van der Waals surface area contributed by atoms with Gasteiger partial charge in [-0.1, -0.05) is 6.07 Å². The Morgan fingerprint density at radius 2 is 1.97 bits per heavy atom.